The van der Waals surface area contributed by atoms with Gasteiger partial charge in [0.05, 0.1) is 13.2 Å². The number of aliphatic hydroxyl groups excluding tert-OH is 1. The third-order valence-electron chi connectivity index (χ3n) is 2.73. The second-order valence-corrected chi connectivity index (χ2v) is 7.32. The highest BCUT2D eigenvalue weighted by molar-refractivity contribution is 6.60. The van der Waals surface area contributed by atoms with Gasteiger partial charge in [0.2, 0.25) is 0 Å². The Labute approximate surface area is 112 Å². The van der Waals surface area contributed by atoms with E-state index in [1.165, 1.54) is 12.8 Å². The highest BCUT2D eigenvalue weighted by Gasteiger charge is 2.36. The fraction of sp³-hybridized carbons (Fsp3) is 1.00. The summed E-state index contributed by atoms with van der Waals surface area (Å²) < 4.78 is 20.9. The van der Waals surface area contributed by atoms with E-state index in [-0.39, 0.29) is 12.7 Å². The second-order valence-electron chi connectivity index (χ2n) is 4.14. The fourth-order valence-electron chi connectivity index (χ4n) is 1.35. The van der Waals surface area contributed by atoms with E-state index in [4.69, 9.17) is 18.4 Å². The predicted molar refractivity (Wildman–Crippen MR) is 72.6 cm³/mol. The Hall–Kier alpha value is 0.0169. The van der Waals surface area contributed by atoms with Gasteiger partial charge in [-0.15, -0.1) is 0 Å². The van der Waals surface area contributed by atoms with Crippen molar-refractivity contribution < 1.29 is 23.1 Å². The molecule has 0 saturated carbocycles. The summed E-state index contributed by atoms with van der Waals surface area (Å²) in [5.74, 6) is 0. The van der Waals surface area contributed by atoms with Crippen molar-refractivity contribution in [1.29, 1.82) is 0 Å². The Morgan fingerprint density at radius 3 is 2.11 bits per heavy atom. The molecule has 1 fully saturated rings. The van der Waals surface area contributed by atoms with Crippen molar-refractivity contribution in [2.24, 2.45) is 0 Å². The van der Waals surface area contributed by atoms with Crippen molar-refractivity contribution in [3.63, 3.8) is 0 Å². The lowest BCUT2D eigenvalue weighted by Gasteiger charge is -2.24. The van der Waals surface area contributed by atoms with E-state index < -0.39 is 8.80 Å². The van der Waals surface area contributed by atoms with Crippen LogP contribution in [0.2, 0.25) is 6.04 Å². The van der Waals surface area contributed by atoms with Crippen LogP contribution in [0.1, 0.15) is 33.1 Å². The summed E-state index contributed by atoms with van der Waals surface area (Å²) in [5.41, 5.74) is 0. The maximum absolute atomic E-state index is 8.08. The first-order valence-corrected chi connectivity index (χ1v) is 8.57. The summed E-state index contributed by atoms with van der Waals surface area (Å²) in [4.78, 5) is 0. The van der Waals surface area contributed by atoms with Crippen LogP contribution in [0.3, 0.4) is 0 Å². The van der Waals surface area contributed by atoms with Gasteiger partial charge in [0.25, 0.3) is 0 Å². The van der Waals surface area contributed by atoms with Gasteiger partial charge in [-0.3, -0.25) is 0 Å². The number of unbranched alkanes of at least 4 members (excludes halogenated alkanes) is 2. The molecule has 1 rings (SSSR count). The van der Waals surface area contributed by atoms with Crippen LogP contribution < -0.4 is 0 Å². The third-order valence-corrected chi connectivity index (χ3v) is 5.48. The van der Waals surface area contributed by atoms with Crippen LogP contribution in [0.5, 0.6) is 0 Å². The molecule has 6 heteroatoms. The summed E-state index contributed by atoms with van der Waals surface area (Å²) >= 11 is 0. The lowest BCUT2D eigenvalue weighted by Crippen LogP contribution is -2.43. The normalized spacial score (nSPS) is 18.2. The zero-order valence-electron chi connectivity index (χ0n) is 12.1. The van der Waals surface area contributed by atoms with Crippen molar-refractivity contribution in [2.75, 3.05) is 34.0 Å². The number of hydrogen-bond acceptors (Lipinski definition) is 5. The summed E-state index contributed by atoms with van der Waals surface area (Å²) in [7, 11) is 1.06. The quantitative estimate of drug-likeness (QED) is 0.396. The second kappa shape index (κ2) is 10.9. The van der Waals surface area contributed by atoms with Gasteiger partial charge in [-0.2, -0.15) is 0 Å². The van der Waals surface area contributed by atoms with E-state index in [1.54, 1.807) is 14.2 Å². The number of rotatable bonds is 9. The maximum atomic E-state index is 8.08. The molecule has 0 radical (unpaired) electrons. The average Bonchev–Trinajstić information content (AvgIpc) is 3.25. The molecule has 1 N–H and O–H groups in total. The van der Waals surface area contributed by atoms with Gasteiger partial charge in [0.15, 0.2) is 0 Å². The van der Waals surface area contributed by atoms with Gasteiger partial charge in [0, 0.05) is 26.9 Å². The number of hydrogen-bond donors (Lipinski definition) is 1. The van der Waals surface area contributed by atoms with Crippen molar-refractivity contribution in [2.45, 2.75) is 45.3 Å². The van der Waals surface area contributed by atoms with Gasteiger partial charge in [-0.1, -0.05) is 26.7 Å². The molecule has 0 aromatic carbocycles. The lowest BCUT2D eigenvalue weighted by molar-refractivity contribution is 0.0978. The molecule has 0 aromatic rings. The summed E-state index contributed by atoms with van der Waals surface area (Å²) in [5, 5.41) is 8.08. The molecule has 1 heterocycles. The highest BCUT2D eigenvalue weighted by atomic mass is 28.4. The fourth-order valence-corrected chi connectivity index (χ4v) is 2.98. The minimum absolute atomic E-state index is 0.190. The van der Waals surface area contributed by atoms with Crippen LogP contribution in [0.25, 0.3) is 0 Å². The van der Waals surface area contributed by atoms with Crippen molar-refractivity contribution in [3.8, 4) is 0 Å². The molecular weight excluding hydrogens is 252 g/mol. The van der Waals surface area contributed by atoms with E-state index in [2.05, 4.69) is 11.7 Å². The number of aliphatic hydroxyl groups is 1. The van der Waals surface area contributed by atoms with Crippen LogP contribution >= 0.6 is 0 Å². The van der Waals surface area contributed by atoms with Crippen molar-refractivity contribution in [3.05, 3.63) is 0 Å². The standard InChI is InChI=1S/C9H22O3Si.C3H6O2/c1-5-7-8-9-12-13(6-2,10-3)11-4;4-1-3-2-5-3/h5-9H2,1-4H3;3-4H,1-2H2. The zero-order chi connectivity index (χ0) is 13.9. The summed E-state index contributed by atoms with van der Waals surface area (Å²) in [6, 6.07) is 0.839. The smallest absolute Gasteiger partial charge is 0.394 e. The SMILES string of the molecule is CCCCCO[Si](CC)(OC)OC.OCC1CO1. The van der Waals surface area contributed by atoms with E-state index in [0.29, 0.717) is 0 Å². The molecule has 1 aliphatic heterocycles. The number of ether oxygens (including phenoxy) is 1. The van der Waals surface area contributed by atoms with Gasteiger partial charge >= 0.3 is 8.80 Å². The van der Waals surface area contributed by atoms with Gasteiger partial charge < -0.3 is 23.1 Å². The molecule has 0 bridgehead atoms. The highest BCUT2D eigenvalue weighted by Crippen LogP contribution is 2.13. The largest absolute Gasteiger partial charge is 0.500 e. The molecule has 1 saturated heterocycles. The van der Waals surface area contributed by atoms with Crippen LogP contribution in [0.15, 0.2) is 0 Å². The molecule has 0 aliphatic carbocycles. The third kappa shape index (κ3) is 8.18. The molecular formula is C12H28O5Si. The molecule has 1 atom stereocenters. The van der Waals surface area contributed by atoms with Crippen LogP contribution in [0, 0.1) is 0 Å². The topological polar surface area (TPSA) is 60.5 Å². The van der Waals surface area contributed by atoms with Crippen LogP contribution in [-0.2, 0) is 18.0 Å². The number of epoxide rings is 1. The van der Waals surface area contributed by atoms with Crippen LogP contribution in [-0.4, -0.2) is 54.1 Å². The first kappa shape index (κ1) is 18.0. The Morgan fingerprint density at radius 2 is 1.83 bits per heavy atom. The van der Waals surface area contributed by atoms with Crippen molar-refractivity contribution in [1.82, 2.24) is 0 Å². The first-order valence-electron chi connectivity index (χ1n) is 6.64. The Morgan fingerprint density at radius 1 is 1.22 bits per heavy atom. The van der Waals surface area contributed by atoms with Crippen LogP contribution in [0.4, 0.5) is 0 Å². The first-order chi connectivity index (χ1) is 8.67. The summed E-state index contributed by atoms with van der Waals surface area (Å²) in [6.07, 6.45) is 3.71. The monoisotopic (exact) mass is 280 g/mol. The molecule has 110 valence electrons. The average molecular weight is 280 g/mol. The lowest BCUT2D eigenvalue weighted by atomic mass is 10.3. The van der Waals surface area contributed by atoms with E-state index in [0.717, 1.165) is 25.7 Å². The van der Waals surface area contributed by atoms with Crippen molar-refractivity contribution >= 4 is 8.80 Å². The molecule has 0 aromatic heterocycles. The van der Waals surface area contributed by atoms with E-state index in [9.17, 15) is 0 Å². The van der Waals surface area contributed by atoms with Gasteiger partial charge in [0.1, 0.15) is 6.10 Å². The minimum Gasteiger partial charge on any atom is -0.394 e. The van der Waals surface area contributed by atoms with Gasteiger partial charge in [-0.25, -0.2) is 0 Å². The maximum Gasteiger partial charge on any atom is 0.500 e. The Kier molecular flexibility index (Phi) is 10.9. The predicted octanol–water partition coefficient (Wildman–Crippen LogP) is 1.82. The minimum atomic E-state index is -2.27. The van der Waals surface area contributed by atoms with E-state index >= 15 is 0 Å². The zero-order valence-corrected chi connectivity index (χ0v) is 13.1. The molecule has 1 aliphatic rings. The molecule has 18 heavy (non-hydrogen) atoms. The molecule has 1 unspecified atom stereocenters. The molecule has 5 nitrogen and oxygen atoms in total. The van der Waals surface area contributed by atoms with Gasteiger partial charge in [-0.05, 0) is 6.42 Å². The Bertz CT molecular complexity index is 175. The molecule has 0 amide bonds. The van der Waals surface area contributed by atoms with E-state index in [1.807, 2.05) is 6.92 Å². The Balaban J connectivity index is 0.000000473. The summed E-state index contributed by atoms with van der Waals surface area (Å²) in [6.45, 7) is 5.93. The molecule has 0 spiro atoms.